The molecule has 1 N–H and O–H groups in total. The Kier molecular flexibility index (Phi) is 6.23. The average molecular weight is 365 g/mol. The molecule has 0 saturated carbocycles. The van der Waals surface area contributed by atoms with Crippen molar-refractivity contribution in [1.82, 2.24) is 0 Å². The van der Waals surface area contributed by atoms with Gasteiger partial charge in [0.25, 0.3) is 0 Å². The summed E-state index contributed by atoms with van der Waals surface area (Å²) in [7, 11) is 0. The topological polar surface area (TPSA) is 49.4 Å². The molecule has 0 radical (unpaired) electrons. The highest BCUT2D eigenvalue weighted by molar-refractivity contribution is 6.36. The van der Waals surface area contributed by atoms with Gasteiger partial charge in [-0.05, 0) is 42.3 Å². The maximum atomic E-state index is 12.3. The van der Waals surface area contributed by atoms with E-state index in [0.717, 1.165) is 6.42 Å². The molecule has 0 unspecified atom stereocenters. The molecule has 0 spiro atoms. The van der Waals surface area contributed by atoms with Crippen molar-refractivity contribution < 1.29 is 9.59 Å². The van der Waals surface area contributed by atoms with Gasteiger partial charge in [0.05, 0.1) is 10.7 Å². The molecule has 0 bridgehead atoms. The van der Waals surface area contributed by atoms with Crippen LogP contribution in [0.1, 0.15) is 19.4 Å². The van der Waals surface area contributed by atoms with Crippen LogP contribution in [0.5, 0.6) is 0 Å². The molecule has 2 aromatic rings. The molecule has 6 heteroatoms. The number of halogens is 2. The summed E-state index contributed by atoms with van der Waals surface area (Å²) >= 11 is 11.9. The third-order valence-corrected chi connectivity index (χ3v) is 4.09. The van der Waals surface area contributed by atoms with Crippen molar-refractivity contribution in [2.24, 2.45) is 0 Å². The maximum absolute atomic E-state index is 12.3. The quantitative estimate of drug-likeness (QED) is 0.845. The first-order chi connectivity index (χ1) is 11.4. The molecule has 0 saturated heterocycles. The van der Waals surface area contributed by atoms with Crippen LogP contribution >= 0.6 is 23.2 Å². The van der Waals surface area contributed by atoms with Gasteiger partial charge in [-0.3, -0.25) is 9.59 Å². The number of nitrogens with zero attached hydrogens (tertiary/aromatic N) is 1. The summed E-state index contributed by atoms with van der Waals surface area (Å²) in [6.45, 7) is 3.39. The smallest absolute Gasteiger partial charge is 0.244 e. The molecule has 0 atom stereocenters. The van der Waals surface area contributed by atoms with E-state index in [1.165, 1.54) is 17.4 Å². The molecule has 0 aliphatic heterocycles. The molecule has 2 aromatic carbocycles. The van der Waals surface area contributed by atoms with E-state index >= 15 is 0 Å². The fourth-order valence-corrected chi connectivity index (χ4v) is 2.68. The fraction of sp³-hybridized carbons (Fsp3) is 0.222. The number of amides is 2. The van der Waals surface area contributed by atoms with Crippen molar-refractivity contribution in [1.29, 1.82) is 0 Å². The maximum Gasteiger partial charge on any atom is 0.244 e. The summed E-state index contributed by atoms with van der Waals surface area (Å²) in [4.78, 5) is 25.6. The van der Waals surface area contributed by atoms with Crippen molar-refractivity contribution in [3.63, 3.8) is 0 Å². The van der Waals surface area contributed by atoms with Crippen LogP contribution in [-0.2, 0) is 16.0 Å². The van der Waals surface area contributed by atoms with Gasteiger partial charge >= 0.3 is 0 Å². The number of nitrogens with one attached hydrogen (secondary N) is 1. The average Bonchev–Trinajstić information content (AvgIpc) is 2.55. The zero-order chi connectivity index (χ0) is 17.7. The monoisotopic (exact) mass is 364 g/mol. The number of hydrogen-bond donors (Lipinski definition) is 1. The van der Waals surface area contributed by atoms with Gasteiger partial charge in [0, 0.05) is 17.6 Å². The normalized spacial score (nSPS) is 10.3. The first-order valence-corrected chi connectivity index (χ1v) is 8.28. The molecule has 126 valence electrons. The van der Waals surface area contributed by atoms with Crippen LogP contribution in [0.25, 0.3) is 0 Å². The van der Waals surface area contributed by atoms with Gasteiger partial charge in [0.15, 0.2) is 0 Å². The van der Waals surface area contributed by atoms with Gasteiger partial charge in [-0.15, -0.1) is 0 Å². The predicted octanol–water partition coefficient (Wildman–Crippen LogP) is 4.55. The minimum Gasteiger partial charge on any atom is -0.323 e. The SMILES string of the molecule is CCc1ccc(N(CC(=O)Nc2ccc(Cl)cc2Cl)C(C)=O)cc1. The minimum atomic E-state index is -0.339. The summed E-state index contributed by atoms with van der Waals surface area (Å²) in [5.74, 6) is -0.550. The first-order valence-electron chi connectivity index (χ1n) is 7.52. The Morgan fingerprint density at radius 2 is 1.75 bits per heavy atom. The number of anilines is 2. The van der Waals surface area contributed by atoms with E-state index in [1.54, 1.807) is 18.2 Å². The van der Waals surface area contributed by atoms with Crippen molar-refractivity contribution >= 4 is 46.4 Å². The lowest BCUT2D eigenvalue weighted by molar-refractivity contribution is -0.120. The molecule has 0 heterocycles. The standard InChI is InChI=1S/C18H18Cl2N2O2/c1-3-13-4-7-15(8-5-13)22(12(2)23)11-18(24)21-17-9-6-14(19)10-16(17)20/h4-10H,3,11H2,1-2H3,(H,21,24). The van der Waals surface area contributed by atoms with Crippen LogP contribution in [0.2, 0.25) is 10.0 Å². The van der Waals surface area contributed by atoms with E-state index in [9.17, 15) is 9.59 Å². The van der Waals surface area contributed by atoms with Gasteiger partial charge < -0.3 is 10.2 Å². The van der Waals surface area contributed by atoms with Crippen molar-refractivity contribution in [3.05, 3.63) is 58.1 Å². The van der Waals surface area contributed by atoms with Crippen LogP contribution in [0.3, 0.4) is 0 Å². The molecule has 2 amide bonds. The molecule has 0 aromatic heterocycles. The first kappa shape index (κ1) is 18.3. The van der Waals surface area contributed by atoms with Crippen LogP contribution < -0.4 is 10.2 Å². The zero-order valence-corrected chi connectivity index (χ0v) is 15.0. The molecule has 24 heavy (non-hydrogen) atoms. The van der Waals surface area contributed by atoms with Crippen molar-refractivity contribution in [2.45, 2.75) is 20.3 Å². The number of aryl methyl sites for hydroxylation is 1. The van der Waals surface area contributed by atoms with Crippen molar-refractivity contribution in [3.8, 4) is 0 Å². The molecule has 0 fully saturated rings. The highest BCUT2D eigenvalue weighted by Gasteiger charge is 2.16. The van der Waals surface area contributed by atoms with Gasteiger partial charge in [-0.1, -0.05) is 42.3 Å². The van der Waals surface area contributed by atoms with Crippen LogP contribution in [0, 0.1) is 0 Å². The minimum absolute atomic E-state index is 0.0975. The number of carbonyl (C=O) groups excluding carboxylic acids is 2. The number of benzene rings is 2. The third-order valence-electron chi connectivity index (χ3n) is 3.54. The molecule has 2 rings (SSSR count). The van der Waals surface area contributed by atoms with E-state index in [1.807, 2.05) is 24.3 Å². The summed E-state index contributed by atoms with van der Waals surface area (Å²) in [5, 5.41) is 3.52. The van der Waals surface area contributed by atoms with E-state index in [-0.39, 0.29) is 18.4 Å². The lowest BCUT2D eigenvalue weighted by Gasteiger charge is -2.21. The second kappa shape index (κ2) is 8.18. The van der Waals surface area contributed by atoms with Crippen molar-refractivity contribution in [2.75, 3.05) is 16.8 Å². The van der Waals surface area contributed by atoms with Gasteiger partial charge in [0.1, 0.15) is 6.54 Å². The molecule has 4 nitrogen and oxygen atoms in total. The van der Waals surface area contributed by atoms with E-state index in [2.05, 4.69) is 12.2 Å². The Bertz CT molecular complexity index is 745. The molecular weight excluding hydrogens is 347 g/mol. The molecule has 0 aliphatic rings. The number of hydrogen-bond acceptors (Lipinski definition) is 2. The fourth-order valence-electron chi connectivity index (χ4n) is 2.22. The number of rotatable bonds is 5. The Balaban J connectivity index is 2.11. The van der Waals surface area contributed by atoms with E-state index in [4.69, 9.17) is 23.2 Å². The highest BCUT2D eigenvalue weighted by Crippen LogP contribution is 2.25. The highest BCUT2D eigenvalue weighted by atomic mass is 35.5. The number of carbonyl (C=O) groups is 2. The molecular formula is C18H18Cl2N2O2. The Labute approximate surface area is 151 Å². The second-order valence-corrected chi connectivity index (χ2v) is 6.14. The van der Waals surface area contributed by atoms with E-state index < -0.39 is 0 Å². The lowest BCUT2D eigenvalue weighted by Crippen LogP contribution is -2.36. The Hall–Kier alpha value is -2.04. The summed E-state index contributed by atoms with van der Waals surface area (Å²) in [6.07, 6.45) is 0.913. The van der Waals surface area contributed by atoms with Gasteiger partial charge in [0.2, 0.25) is 11.8 Å². The summed E-state index contributed by atoms with van der Waals surface area (Å²) in [6, 6.07) is 12.4. The Morgan fingerprint density at radius 3 is 2.29 bits per heavy atom. The second-order valence-electron chi connectivity index (χ2n) is 5.30. The van der Waals surface area contributed by atoms with Crippen LogP contribution in [0.15, 0.2) is 42.5 Å². The zero-order valence-electron chi connectivity index (χ0n) is 13.5. The van der Waals surface area contributed by atoms with Gasteiger partial charge in [-0.25, -0.2) is 0 Å². The predicted molar refractivity (Wildman–Crippen MR) is 98.9 cm³/mol. The van der Waals surface area contributed by atoms with Crippen LogP contribution in [-0.4, -0.2) is 18.4 Å². The van der Waals surface area contributed by atoms with Crippen LogP contribution in [0.4, 0.5) is 11.4 Å². The van der Waals surface area contributed by atoms with Gasteiger partial charge in [-0.2, -0.15) is 0 Å². The summed E-state index contributed by atoms with van der Waals surface area (Å²) in [5.41, 5.74) is 2.30. The largest absolute Gasteiger partial charge is 0.323 e. The Morgan fingerprint density at radius 1 is 1.08 bits per heavy atom. The molecule has 0 aliphatic carbocycles. The lowest BCUT2D eigenvalue weighted by atomic mass is 10.1. The summed E-state index contributed by atoms with van der Waals surface area (Å²) < 4.78 is 0. The van der Waals surface area contributed by atoms with E-state index in [0.29, 0.717) is 21.4 Å². The third kappa shape index (κ3) is 4.73.